The summed E-state index contributed by atoms with van der Waals surface area (Å²) in [6.45, 7) is 7.49. The number of nitrogens with zero attached hydrogens (tertiary/aromatic N) is 3. The lowest BCUT2D eigenvalue weighted by atomic mass is 10.1. The molecular weight excluding hydrogens is 280 g/mol. The van der Waals surface area contributed by atoms with E-state index < -0.39 is 0 Å². The number of aromatic amines is 2. The zero-order valence-corrected chi connectivity index (χ0v) is 13.0. The molecule has 1 amide bonds. The van der Waals surface area contributed by atoms with Crippen LogP contribution >= 0.6 is 0 Å². The van der Waals surface area contributed by atoms with Crippen molar-refractivity contribution in [2.24, 2.45) is 5.92 Å². The van der Waals surface area contributed by atoms with Crippen molar-refractivity contribution in [3.63, 3.8) is 0 Å². The van der Waals surface area contributed by atoms with Crippen LogP contribution in [0.1, 0.15) is 34.1 Å². The molecule has 0 aliphatic carbocycles. The number of likely N-dealkylation sites (tertiary alicyclic amines) is 1. The number of carbonyl (C=O) groups is 1. The van der Waals surface area contributed by atoms with Crippen molar-refractivity contribution in [2.75, 3.05) is 19.6 Å². The molecule has 7 heteroatoms. The van der Waals surface area contributed by atoms with Gasteiger partial charge in [0.2, 0.25) is 0 Å². The molecule has 1 atom stereocenters. The van der Waals surface area contributed by atoms with Gasteiger partial charge in [0.25, 0.3) is 5.91 Å². The van der Waals surface area contributed by atoms with E-state index in [1.807, 2.05) is 20.0 Å². The topological polar surface area (TPSA) is 89.7 Å². The maximum atomic E-state index is 12.0. The first-order chi connectivity index (χ1) is 10.6. The van der Waals surface area contributed by atoms with Gasteiger partial charge in [0, 0.05) is 37.2 Å². The van der Waals surface area contributed by atoms with Gasteiger partial charge in [-0.1, -0.05) is 0 Å². The molecule has 2 aromatic rings. The van der Waals surface area contributed by atoms with Gasteiger partial charge < -0.3 is 10.3 Å². The van der Waals surface area contributed by atoms with E-state index in [2.05, 4.69) is 30.4 Å². The fourth-order valence-electron chi connectivity index (χ4n) is 2.88. The van der Waals surface area contributed by atoms with Crippen molar-refractivity contribution in [2.45, 2.75) is 26.8 Å². The number of carbonyl (C=O) groups excluding carboxylic acids is 1. The van der Waals surface area contributed by atoms with E-state index in [1.54, 1.807) is 6.07 Å². The van der Waals surface area contributed by atoms with Gasteiger partial charge in [-0.25, -0.2) is 4.98 Å². The normalized spacial score (nSPS) is 18.7. The highest BCUT2D eigenvalue weighted by atomic mass is 16.1. The summed E-state index contributed by atoms with van der Waals surface area (Å²) < 4.78 is 0. The highest BCUT2D eigenvalue weighted by Gasteiger charge is 2.23. The Morgan fingerprint density at radius 1 is 1.50 bits per heavy atom. The molecule has 3 rings (SSSR count). The number of rotatable bonds is 5. The predicted molar refractivity (Wildman–Crippen MR) is 82.4 cm³/mol. The largest absolute Gasteiger partial charge is 0.350 e. The molecule has 3 heterocycles. The van der Waals surface area contributed by atoms with Crippen molar-refractivity contribution >= 4 is 5.91 Å². The van der Waals surface area contributed by atoms with Crippen LogP contribution in [0.4, 0.5) is 0 Å². The van der Waals surface area contributed by atoms with Crippen LogP contribution in [0.25, 0.3) is 0 Å². The number of hydrogen-bond acceptors (Lipinski definition) is 4. The lowest BCUT2D eigenvalue weighted by Gasteiger charge is -2.15. The van der Waals surface area contributed by atoms with E-state index in [0.29, 0.717) is 18.2 Å². The van der Waals surface area contributed by atoms with E-state index in [1.165, 1.54) is 0 Å². The first-order valence-corrected chi connectivity index (χ1v) is 7.63. The van der Waals surface area contributed by atoms with Crippen LogP contribution in [-0.2, 0) is 6.54 Å². The van der Waals surface area contributed by atoms with Gasteiger partial charge in [0.05, 0.1) is 0 Å². The van der Waals surface area contributed by atoms with Crippen LogP contribution in [0.3, 0.4) is 0 Å². The summed E-state index contributed by atoms with van der Waals surface area (Å²) in [5.74, 6) is 1.34. The summed E-state index contributed by atoms with van der Waals surface area (Å²) in [6.07, 6.45) is 3.00. The number of amides is 1. The number of imidazole rings is 1. The zero-order valence-electron chi connectivity index (χ0n) is 13.0. The minimum absolute atomic E-state index is 0.105. The number of H-pyrrole nitrogens is 2. The number of nitrogens with one attached hydrogen (secondary N) is 3. The SMILES string of the molecule is Cc1cc(C(=O)NCC2CCN(Cc3cnc(C)[nH]3)C2)n[nH]1. The molecule has 118 valence electrons. The van der Waals surface area contributed by atoms with E-state index in [0.717, 1.165) is 43.3 Å². The smallest absolute Gasteiger partial charge is 0.271 e. The first-order valence-electron chi connectivity index (χ1n) is 7.63. The number of aryl methyl sites for hydroxylation is 2. The van der Waals surface area contributed by atoms with Crippen LogP contribution in [0.2, 0.25) is 0 Å². The fourth-order valence-corrected chi connectivity index (χ4v) is 2.88. The minimum atomic E-state index is -0.105. The van der Waals surface area contributed by atoms with Gasteiger partial charge >= 0.3 is 0 Å². The van der Waals surface area contributed by atoms with Crippen molar-refractivity contribution in [1.82, 2.24) is 30.4 Å². The molecule has 0 saturated carbocycles. The number of hydrogen-bond donors (Lipinski definition) is 3. The molecule has 3 N–H and O–H groups in total. The van der Waals surface area contributed by atoms with Gasteiger partial charge in [-0.15, -0.1) is 0 Å². The van der Waals surface area contributed by atoms with Gasteiger partial charge in [-0.2, -0.15) is 5.10 Å². The van der Waals surface area contributed by atoms with Crippen molar-refractivity contribution in [3.8, 4) is 0 Å². The molecule has 2 aromatic heterocycles. The third-order valence-corrected chi connectivity index (χ3v) is 4.01. The van der Waals surface area contributed by atoms with Crippen molar-refractivity contribution < 1.29 is 4.79 Å². The molecule has 1 aliphatic rings. The molecule has 0 aromatic carbocycles. The van der Waals surface area contributed by atoms with Gasteiger partial charge in [-0.05, 0) is 38.8 Å². The Hall–Kier alpha value is -2.15. The summed E-state index contributed by atoms with van der Waals surface area (Å²) in [7, 11) is 0. The second kappa shape index (κ2) is 6.31. The third kappa shape index (κ3) is 3.54. The maximum absolute atomic E-state index is 12.0. The first kappa shape index (κ1) is 14.8. The molecule has 7 nitrogen and oxygen atoms in total. The lowest BCUT2D eigenvalue weighted by molar-refractivity contribution is 0.0942. The van der Waals surface area contributed by atoms with E-state index in [4.69, 9.17) is 0 Å². The standard InChI is InChI=1S/C15H22N6O/c1-10-5-14(20-19-10)15(22)17-6-12-3-4-21(8-12)9-13-7-16-11(2)18-13/h5,7,12H,3-4,6,8-9H2,1-2H3,(H,16,18)(H,17,22)(H,19,20). The second-order valence-electron chi connectivity index (χ2n) is 6.03. The average Bonchev–Trinajstić information content (AvgIpc) is 3.19. The quantitative estimate of drug-likeness (QED) is 0.768. The maximum Gasteiger partial charge on any atom is 0.271 e. The van der Waals surface area contributed by atoms with Crippen molar-refractivity contribution in [3.05, 3.63) is 35.2 Å². The molecule has 0 radical (unpaired) electrons. The Bertz CT molecular complexity index is 646. The van der Waals surface area contributed by atoms with Crippen molar-refractivity contribution in [1.29, 1.82) is 0 Å². The summed E-state index contributed by atoms with van der Waals surface area (Å²) in [4.78, 5) is 21.8. The fraction of sp³-hybridized carbons (Fsp3) is 0.533. The Morgan fingerprint density at radius 3 is 3.05 bits per heavy atom. The van der Waals surface area contributed by atoms with Gasteiger partial charge in [0.15, 0.2) is 0 Å². The average molecular weight is 302 g/mol. The molecule has 1 fully saturated rings. The predicted octanol–water partition coefficient (Wildman–Crippen LogP) is 1.00. The Balaban J connectivity index is 1.44. The van der Waals surface area contributed by atoms with Crippen LogP contribution in [0, 0.1) is 19.8 Å². The molecular formula is C15H22N6O. The summed E-state index contributed by atoms with van der Waals surface area (Å²) in [5.41, 5.74) is 2.50. The second-order valence-corrected chi connectivity index (χ2v) is 6.03. The molecule has 1 saturated heterocycles. The summed E-state index contributed by atoms with van der Waals surface area (Å²) >= 11 is 0. The highest BCUT2D eigenvalue weighted by Crippen LogP contribution is 2.17. The highest BCUT2D eigenvalue weighted by molar-refractivity contribution is 5.92. The molecule has 0 spiro atoms. The summed E-state index contributed by atoms with van der Waals surface area (Å²) in [6, 6.07) is 1.76. The Labute approximate surface area is 129 Å². The monoisotopic (exact) mass is 302 g/mol. The van der Waals surface area contributed by atoms with Gasteiger partial charge in [0.1, 0.15) is 11.5 Å². The van der Waals surface area contributed by atoms with E-state index >= 15 is 0 Å². The number of aromatic nitrogens is 4. The van der Waals surface area contributed by atoms with Crippen LogP contribution < -0.4 is 5.32 Å². The van der Waals surface area contributed by atoms with Crippen LogP contribution in [-0.4, -0.2) is 50.6 Å². The Kier molecular flexibility index (Phi) is 4.24. The minimum Gasteiger partial charge on any atom is -0.350 e. The molecule has 1 aliphatic heterocycles. The van der Waals surface area contributed by atoms with Gasteiger partial charge in [-0.3, -0.25) is 14.8 Å². The van der Waals surface area contributed by atoms with Crippen LogP contribution in [0.15, 0.2) is 12.3 Å². The molecule has 22 heavy (non-hydrogen) atoms. The molecule has 1 unspecified atom stereocenters. The van der Waals surface area contributed by atoms with Crippen LogP contribution in [0.5, 0.6) is 0 Å². The Morgan fingerprint density at radius 2 is 2.36 bits per heavy atom. The van der Waals surface area contributed by atoms with E-state index in [9.17, 15) is 4.79 Å². The zero-order chi connectivity index (χ0) is 15.5. The summed E-state index contributed by atoms with van der Waals surface area (Å²) in [5, 5.41) is 9.74. The molecule has 0 bridgehead atoms. The lowest BCUT2D eigenvalue weighted by Crippen LogP contribution is -2.31. The van der Waals surface area contributed by atoms with E-state index in [-0.39, 0.29) is 5.91 Å². The third-order valence-electron chi connectivity index (χ3n) is 4.01.